The smallest absolute Gasteiger partial charge is 0.240 e. The number of rotatable bonds is 8. The molecule has 142 valence electrons. The average Bonchev–Trinajstić information content (AvgIpc) is 3.04. The molecule has 0 unspecified atom stereocenters. The fraction of sp³-hybridized carbons (Fsp3) is 0.526. The summed E-state index contributed by atoms with van der Waals surface area (Å²) in [6.45, 7) is 5.39. The molecular formula is C19H27N3O3S. The Morgan fingerprint density at radius 2 is 2.08 bits per heavy atom. The molecule has 1 aromatic heterocycles. The van der Waals surface area contributed by atoms with E-state index in [1.165, 1.54) is 24.1 Å². The average molecular weight is 378 g/mol. The third-order valence-electron chi connectivity index (χ3n) is 4.68. The minimum Gasteiger partial charge on any atom is -0.493 e. The van der Waals surface area contributed by atoms with E-state index in [9.17, 15) is 8.42 Å². The molecule has 0 radical (unpaired) electrons. The second-order valence-electron chi connectivity index (χ2n) is 6.72. The van der Waals surface area contributed by atoms with Crippen molar-refractivity contribution in [2.75, 3.05) is 13.2 Å². The number of fused-ring (bicyclic) bond motifs is 1. The molecule has 1 N–H and O–H groups in total. The number of nitrogens with zero attached hydrogens (tertiary/aromatic N) is 2. The van der Waals surface area contributed by atoms with Crippen molar-refractivity contribution in [2.24, 2.45) is 0 Å². The summed E-state index contributed by atoms with van der Waals surface area (Å²) in [6, 6.07) is 4.97. The molecule has 0 atom stereocenters. The Morgan fingerprint density at radius 3 is 2.85 bits per heavy atom. The van der Waals surface area contributed by atoms with Gasteiger partial charge < -0.3 is 4.74 Å². The van der Waals surface area contributed by atoms with Gasteiger partial charge in [-0.25, -0.2) is 13.1 Å². The number of ether oxygens (including phenoxy) is 1. The molecule has 0 spiro atoms. The van der Waals surface area contributed by atoms with E-state index in [2.05, 4.69) is 9.82 Å². The van der Waals surface area contributed by atoms with Gasteiger partial charge in [-0.05, 0) is 68.4 Å². The van der Waals surface area contributed by atoms with Gasteiger partial charge in [-0.15, -0.1) is 0 Å². The molecule has 0 saturated heterocycles. The Morgan fingerprint density at radius 1 is 1.27 bits per heavy atom. The van der Waals surface area contributed by atoms with Crippen molar-refractivity contribution >= 4 is 10.0 Å². The van der Waals surface area contributed by atoms with Crippen LogP contribution in [0.5, 0.6) is 5.75 Å². The van der Waals surface area contributed by atoms with E-state index in [1.54, 1.807) is 18.2 Å². The summed E-state index contributed by atoms with van der Waals surface area (Å²) in [6.07, 6.45) is 7.33. The van der Waals surface area contributed by atoms with E-state index < -0.39 is 10.0 Å². The van der Waals surface area contributed by atoms with Gasteiger partial charge in [-0.3, -0.25) is 4.68 Å². The van der Waals surface area contributed by atoms with Gasteiger partial charge in [0.05, 0.1) is 24.2 Å². The van der Waals surface area contributed by atoms with Gasteiger partial charge in [0.15, 0.2) is 0 Å². The molecule has 1 aliphatic carbocycles. The van der Waals surface area contributed by atoms with Crippen LogP contribution in [0.3, 0.4) is 0 Å². The molecule has 1 heterocycles. The maximum Gasteiger partial charge on any atom is 0.240 e. The summed E-state index contributed by atoms with van der Waals surface area (Å²) in [5, 5.41) is 4.41. The maximum atomic E-state index is 12.5. The van der Waals surface area contributed by atoms with Gasteiger partial charge in [0.1, 0.15) is 5.75 Å². The lowest BCUT2D eigenvalue weighted by molar-refractivity contribution is 0.315. The number of benzene rings is 1. The first kappa shape index (κ1) is 18.9. The molecule has 0 fully saturated rings. The first-order chi connectivity index (χ1) is 12.5. The second-order valence-corrected chi connectivity index (χ2v) is 8.49. The summed E-state index contributed by atoms with van der Waals surface area (Å²) >= 11 is 0. The van der Waals surface area contributed by atoms with Crippen molar-refractivity contribution in [1.82, 2.24) is 14.5 Å². The van der Waals surface area contributed by atoms with Crippen LogP contribution in [-0.2, 0) is 29.4 Å². The molecule has 0 saturated carbocycles. The number of sulfonamides is 1. The van der Waals surface area contributed by atoms with Crippen LogP contribution in [0, 0.1) is 6.92 Å². The van der Waals surface area contributed by atoms with Gasteiger partial charge in [-0.2, -0.15) is 5.10 Å². The van der Waals surface area contributed by atoms with Gasteiger partial charge in [0, 0.05) is 12.2 Å². The Kier molecular flexibility index (Phi) is 5.98. The Balaban J connectivity index is 1.62. The summed E-state index contributed by atoms with van der Waals surface area (Å²) in [5.74, 6) is 0.731. The largest absolute Gasteiger partial charge is 0.493 e. The highest BCUT2D eigenvalue weighted by atomic mass is 32.2. The normalized spacial score (nSPS) is 14.2. The first-order valence-corrected chi connectivity index (χ1v) is 10.8. The fourth-order valence-corrected chi connectivity index (χ4v) is 4.39. The number of nitrogens with one attached hydrogen (secondary N) is 1. The first-order valence-electron chi connectivity index (χ1n) is 9.28. The van der Waals surface area contributed by atoms with Gasteiger partial charge in [0.25, 0.3) is 0 Å². The van der Waals surface area contributed by atoms with E-state index in [4.69, 9.17) is 4.74 Å². The van der Waals surface area contributed by atoms with Gasteiger partial charge >= 0.3 is 0 Å². The van der Waals surface area contributed by atoms with Crippen LogP contribution in [-0.4, -0.2) is 31.3 Å². The zero-order valence-electron chi connectivity index (χ0n) is 15.5. The van der Waals surface area contributed by atoms with Crippen molar-refractivity contribution in [3.8, 4) is 5.75 Å². The molecule has 0 aliphatic heterocycles. The zero-order chi connectivity index (χ0) is 18.6. The molecule has 3 rings (SSSR count). The van der Waals surface area contributed by atoms with Crippen molar-refractivity contribution in [3.05, 3.63) is 41.2 Å². The summed E-state index contributed by atoms with van der Waals surface area (Å²) in [5.41, 5.74) is 3.38. The van der Waals surface area contributed by atoms with Crippen LogP contribution in [0.4, 0.5) is 0 Å². The monoisotopic (exact) mass is 377 g/mol. The number of aryl methyl sites for hydroxylation is 2. The van der Waals surface area contributed by atoms with Gasteiger partial charge in [-0.1, -0.05) is 6.92 Å². The number of aromatic nitrogens is 2. The molecule has 0 bridgehead atoms. The molecule has 26 heavy (non-hydrogen) atoms. The summed E-state index contributed by atoms with van der Waals surface area (Å²) in [4.78, 5) is 0.265. The fourth-order valence-electron chi connectivity index (χ4n) is 3.28. The van der Waals surface area contributed by atoms with Crippen LogP contribution >= 0.6 is 0 Å². The minimum atomic E-state index is -3.54. The van der Waals surface area contributed by atoms with Crippen LogP contribution in [0.15, 0.2) is 29.3 Å². The Bertz CT molecular complexity index is 859. The van der Waals surface area contributed by atoms with Crippen molar-refractivity contribution in [1.29, 1.82) is 0 Å². The third-order valence-corrected chi connectivity index (χ3v) is 6.14. The van der Waals surface area contributed by atoms with Gasteiger partial charge in [0.2, 0.25) is 10.0 Å². The van der Waals surface area contributed by atoms with E-state index in [1.807, 2.05) is 24.7 Å². The van der Waals surface area contributed by atoms with E-state index >= 15 is 0 Å². The molecular weight excluding hydrogens is 350 g/mol. The van der Waals surface area contributed by atoms with Crippen molar-refractivity contribution in [3.63, 3.8) is 0 Å². The number of hydrogen-bond donors (Lipinski definition) is 1. The standard InChI is InChI=1S/C19H27N3O3S/c1-3-12-25-19-9-8-17(13-15(19)2)26(23,24)21-10-11-22-18-7-5-4-6-16(18)14-20-22/h8-9,13-14,21H,3-7,10-12H2,1-2H3. The lowest BCUT2D eigenvalue weighted by atomic mass is 9.98. The SMILES string of the molecule is CCCOc1ccc(S(=O)(=O)NCCn2ncc3c2CCCC3)cc1C. The second kappa shape index (κ2) is 8.22. The highest BCUT2D eigenvalue weighted by molar-refractivity contribution is 7.89. The lowest BCUT2D eigenvalue weighted by Crippen LogP contribution is -2.28. The van der Waals surface area contributed by atoms with E-state index in [0.29, 0.717) is 19.7 Å². The zero-order valence-corrected chi connectivity index (χ0v) is 16.3. The Labute approximate surface area is 155 Å². The maximum absolute atomic E-state index is 12.5. The summed E-state index contributed by atoms with van der Waals surface area (Å²) < 4.78 is 35.3. The van der Waals surface area contributed by atoms with Crippen molar-refractivity contribution in [2.45, 2.75) is 57.4 Å². The van der Waals surface area contributed by atoms with Crippen LogP contribution < -0.4 is 9.46 Å². The topological polar surface area (TPSA) is 73.2 Å². The predicted molar refractivity (Wildman–Crippen MR) is 101 cm³/mol. The third kappa shape index (κ3) is 4.27. The van der Waals surface area contributed by atoms with E-state index in [-0.39, 0.29) is 4.90 Å². The van der Waals surface area contributed by atoms with Crippen LogP contribution in [0.25, 0.3) is 0 Å². The summed E-state index contributed by atoms with van der Waals surface area (Å²) in [7, 11) is -3.54. The molecule has 6 nitrogen and oxygen atoms in total. The van der Waals surface area contributed by atoms with Crippen LogP contribution in [0.1, 0.15) is 43.0 Å². The highest BCUT2D eigenvalue weighted by Crippen LogP contribution is 2.22. The molecule has 1 aliphatic rings. The van der Waals surface area contributed by atoms with Crippen LogP contribution in [0.2, 0.25) is 0 Å². The number of hydrogen-bond acceptors (Lipinski definition) is 4. The lowest BCUT2D eigenvalue weighted by Gasteiger charge is -2.14. The molecule has 0 amide bonds. The molecule has 2 aromatic rings. The quantitative estimate of drug-likeness (QED) is 0.768. The highest BCUT2D eigenvalue weighted by Gasteiger charge is 2.17. The molecule has 1 aromatic carbocycles. The van der Waals surface area contributed by atoms with E-state index in [0.717, 1.165) is 30.6 Å². The minimum absolute atomic E-state index is 0.265. The molecule has 7 heteroatoms. The Hall–Kier alpha value is -1.86. The van der Waals surface area contributed by atoms with Crippen molar-refractivity contribution < 1.29 is 13.2 Å². The predicted octanol–water partition coefficient (Wildman–Crippen LogP) is 2.84.